The molecule has 20 heavy (non-hydrogen) atoms. The first-order chi connectivity index (χ1) is 9.31. The molecule has 0 bridgehead atoms. The van der Waals surface area contributed by atoms with E-state index in [4.69, 9.17) is 5.73 Å². The highest BCUT2D eigenvalue weighted by Crippen LogP contribution is 2.35. The highest BCUT2D eigenvalue weighted by atomic mass is 19.4. The lowest BCUT2D eigenvalue weighted by molar-refractivity contribution is -0.136. The summed E-state index contributed by atoms with van der Waals surface area (Å²) in [6.45, 7) is 1.93. The summed E-state index contributed by atoms with van der Waals surface area (Å²) in [4.78, 5) is 0. The molecule has 1 aromatic heterocycles. The molecule has 2 rings (SSSR count). The van der Waals surface area contributed by atoms with Crippen LogP contribution >= 0.6 is 0 Å². The van der Waals surface area contributed by atoms with E-state index in [9.17, 15) is 13.2 Å². The number of nitrogens with two attached hydrogens (primary N) is 1. The Morgan fingerprint density at radius 1 is 1.35 bits per heavy atom. The van der Waals surface area contributed by atoms with E-state index in [2.05, 4.69) is 10.4 Å². The van der Waals surface area contributed by atoms with Crippen LogP contribution < -0.4 is 11.1 Å². The molecule has 0 aliphatic heterocycles. The van der Waals surface area contributed by atoms with E-state index in [-0.39, 0.29) is 5.69 Å². The second-order valence-corrected chi connectivity index (χ2v) is 4.44. The van der Waals surface area contributed by atoms with Gasteiger partial charge >= 0.3 is 6.18 Å². The van der Waals surface area contributed by atoms with Crippen molar-refractivity contribution >= 4 is 17.1 Å². The van der Waals surface area contributed by atoms with Crippen LogP contribution in [0.5, 0.6) is 0 Å². The summed E-state index contributed by atoms with van der Waals surface area (Å²) in [7, 11) is 1.76. The molecule has 0 aliphatic rings. The molecule has 0 spiro atoms. The number of aromatic nitrogens is 2. The van der Waals surface area contributed by atoms with Crippen molar-refractivity contribution in [2.75, 3.05) is 11.1 Å². The van der Waals surface area contributed by atoms with Crippen molar-refractivity contribution in [3.05, 3.63) is 35.7 Å². The minimum Gasteiger partial charge on any atom is -0.398 e. The van der Waals surface area contributed by atoms with E-state index in [0.29, 0.717) is 17.8 Å². The van der Waals surface area contributed by atoms with Crippen molar-refractivity contribution in [3.8, 4) is 0 Å². The number of aryl methyl sites for hydroxylation is 2. The van der Waals surface area contributed by atoms with Crippen molar-refractivity contribution in [2.45, 2.75) is 19.5 Å². The van der Waals surface area contributed by atoms with Gasteiger partial charge in [0.25, 0.3) is 0 Å². The van der Waals surface area contributed by atoms with E-state index >= 15 is 0 Å². The Morgan fingerprint density at radius 2 is 2.05 bits per heavy atom. The zero-order valence-corrected chi connectivity index (χ0v) is 11.1. The van der Waals surface area contributed by atoms with E-state index in [1.54, 1.807) is 17.9 Å². The maximum absolute atomic E-state index is 12.8. The smallest absolute Gasteiger partial charge is 0.398 e. The Bertz CT molecular complexity index is 617. The lowest BCUT2D eigenvalue weighted by Crippen LogP contribution is -2.09. The van der Waals surface area contributed by atoms with Gasteiger partial charge in [0.15, 0.2) is 0 Å². The molecule has 3 N–H and O–H groups in total. The molecule has 0 aliphatic carbocycles. The standard InChI is InChI=1S/C13H15F3N4/c1-3-11-12(7-20(2)19-11)18-8-4-5-10(17)9(6-8)13(14,15)16/h4-7,18H,3,17H2,1-2H3. The summed E-state index contributed by atoms with van der Waals surface area (Å²) >= 11 is 0. The van der Waals surface area contributed by atoms with Gasteiger partial charge in [0, 0.05) is 24.6 Å². The van der Waals surface area contributed by atoms with Crippen LogP contribution in [0.3, 0.4) is 0 Å². The molecule has 1 aromatic carbocycles. The largest absolute Gasteiger partial charge is 0.418 e. The third-order valence-corrected chi connectivity index (χ3v) is 2.88. The van der Waals surface area contributed by atoms with E-state index in [1.165, 1.54) is 12.1 Å². The van der Waals surface area contributed by atoms with Crippen molar-refractivity contribution in [1.82, 2.24) is 9.78 Å². The molecule has 2 aromatic rings. The van der Waals surface area contributed by atoms with Gasteiger partial charge in [-0.15, -0.1) is 0 Å². The number of nitrogen functional groups attached to an aromatic ring is 1. The Balaban J connectivity index is 2.35. The van der Waals surface area contributed by atoms with Crippen LogP contribution in [0.4, 0.5) is 30.2 Å². The van der Waals surface area contributed by atoms with Gasteiger partial charge in [0.1, 0.15) is 0 Å². The summed E-state index contributed by atoms with van der Waals surface area (Å²) in [6.07, 6.45) is -2.06. The maximum Gasteiger partial charge on any atom is 0.418 e. The summed E-state index contributed by atoms with van der Waals surface area (Å²) in [6, 6.07) is 3.76. The number of anilines is 3. The molecule has 0 amide bonds. The number of hydrogen-bond donors (Lipinski definition) is 2. The zero-order valence-electron chi connectivity index (χ0n) is 11.1. The average Bonchev–Trinajstić information content (AvgIpc) is 2.70. The van der Waals surface area contributed by atoms with Crippen LogP contribution in [0.2, 0.25) is 0 Å². The van der Waals surface area contributed by atoms with Crippen LogP contribution in [-0.4, -0.2) is 9.78 Å². The lowest BCUT2D eigenvalue weighted by Gasteiger charge is -2.12. The molecule has 1 heterocycles. The lowest BCUT2D eigenvalue weighted by atomic mass is 10.1. The topological polar surface area (TPSA) is 55.9 Å². The molecule has 7 heteroatoms. The predicted octanol–water partition coefficient (Wildman–Crippen LogP) is 3.33. The number of hydrogen-bond acceptors (Lipinski definition) is 3. The maximum atomic E-state index is 12.8. The Hall–Kier alpha value is -2.18. The van der Waals surface area contributed by atoms with Crippen LogP contribution in [-0.2, 0) is 19.6 Å². The summed E-state index contributed by atoms with van der Waals surface area (Å²) < 4.78 is 40.0. The van der Waals surface area contributed by atoms with Gasteiger partial charge in [-0.05, 0) is 24.6 Å². The molecular formula is C13H15F3N4. The van der Waals surface area contributed by atoms with E-state index < -0.39 is 11.7 Å². The molecule has 4 nitrogen and oxygen atoms in total. The fourth-order valence-corrected chi connectivity index (χ4v) is 1.94. The van der Waals surface area contributed by atoms with Gasteiger partial charge in [0.05, 0.1) is 16.9 Å². The molecule has 0 fully saturated rings. The Kier molecular flexibility index (Phi) is 3.61. The van der Waals surface area contributed by atoms with Gasteiger partial charge in [-0.3, -0.25) is 4.68 Å². The second kappa shape index (κ2) is 5.07. The van der Waals surface area contributed by atoms with Crippen molar-refractivity contribution < 1.29 is 13.2 Å². The Labute approximate surface area is 114 Å². The van der Waals surface area contributed by atoms with Gasteiger partial charge in [0.2, 0.25) is 0 Å². The minimum absolute atomic E-state index is 0.287. The first kappa shape index (κ1) is 14.2. The number of nitrogens with one attached hydrogen (secondary N) is 1. The molecule has 0 radical (unpaired) electrons. The average molecular weight is 284 g/mol. The fourth-order valence-electron chi connectivity index (χ4n) is 1.94. The third-order valence-electron chi connectivity index (χ3n) is 2.88. The van der Waals surface area contributed by atoms with Crippen molar-refractivity contribution in [3.63, 3.8) is 0 Å². The highest BCUT2D eigenvalue weighted by molar-refractivity contribution is 5.65. The second-order valence-electron chi connectivity index (χ2n) is 4.44. The Morgan fingerprint density at radius 3 is 2.65 bits per heavy atom. The summed E-state index contributed by atoms with van der Waals surface area (Å²) in [5.74, 6) is 0. The van der Waals surface area contributed by atoms with Crippen LogP contribution in [0.1, 0.15) is 18.2 Å². The molecule has 0 saturated heterocycles. The van der Waals surface area contributed by atoms with Crippen molar-refractivity contribution in [1.29, 1.82) is 0 Å². The molecular weight excluding hydrogens is 269 g/mol. The zero-order chi connectivity index (χ0) is 14.9. The molecule has 108 valence electrons. The summed E-state index contributed by atoms with van der Waals surface area (Å²) in [5, 5.41) is 7.17. The number of rotatable bonds is 3. The quantitative estimate of drug-likeness (QED) is 0.850. The fraction of sp³-hybridized carbons (Fsp3) is 0.308. The predicted molar refractivity (Wildman–Crippen MR) is 71.7 cm³/mol. The van der Waals surface area contributed by atoms with Crippen molar-refractivity contribution in [2.24, 2.45) is 7.05 Å². The SMILES string of the molecule is CCc1nn(C)cc1Nc1ccc(N)c(C(F)(F)F)c1. The van der Waals surface area contributed by atoms with Crippen LogP contribution in [0, 0.1) is 0 Å². The first-order valence-corrected chi connectivity index (χ1v) is 6.07. The molecule has 0 saturated carbocycles. The summed E-state index contributed by atoms with van der Waals surface area (Å²) in [5.41, 5.74) is 6.04. The number of alkyl halides is 3. The van der Waals surface area contributed by atoms with E-state index in [1.807, 2.05) is 6.92 Å². The molecule has 0 unspecified atom stereocenters. The number of halogens is 3. The van der Waals surface area contributed by atoms with Gasteiger partial charge in [-0.1, -0.05) is 6.92 Å². The van der Waals surface area contributed by atoms with E-state index in [0.717, 1.165) is 11.8 Å². The first-order valence-electron chi connectivity index (χ1n) is 6.07. The van der Waals surface area contributed by atoms with Gasteiger partial charge in [-0.2, -0.15) is 18.3 Å². The third kappa shape index (κ3) is 2.87. The minimum atomic E-state index is -4.47. The van der Waals surface area contributed by atoms with Crippen LogP contribution in [0.25, 0.3) is 0 Å². The normalized spacial score (nSPS) is 11.7. The highest BCUT2D eigenvalue weighted by Gasteiger charge is 2.33. The molecule has 0 atom stereocenters. The van der Waals surface area contributed by atoms with Gasteiger partial charge < -0.3 is 11.1 Å². The van der Waals surface area contributed by atoms with Crippen LogP contribution in [0.15, 0.2) is 24.4 Å². The monoisotopic (exact) mass is 284 g/mol. The number of benzene rings is 1. The number of nitrogens with zero attached hydrogens (tertiary/aromatic N) is 2. The van der Waals surface area contributed by atoms with Gasteiger partial charge in [-0.25, -0.2) is 0 Å².